The van der Waals surface area contributed by atoms with E-state index in [1.54, 1.807) is 60.7 Å². The summed E-state index contributed by atoms with van der Waals surface area (Å²) in [4.78, 5) is 37.8. The third-order valence-electron chi connectivity index (χ3n) is 8.23. The van der Waals surface area contributed by atoms with Crippen LogP contribution in [0.15, 0.2) is 72.8 Å². The van der Waals surface area contributed by atoms with Crippen LogP contribution in [-0.4, -0.2) is 30.6 Å². The summed E-state index contributed by atoms with van der Waals surface area (Å²) in [6.07, 6.45) is 18.0. The van der Waals surface area contributed by atoms with E-state index >= 15 is 0 Å². The van der Waals surface area contributed by atoms with Crippen LogP contribution in [0.1, 0.15) is 148 Å². The first kappa shape index (κ1) is 38.3. The fourth-order valence-corrected chi connectivity index (χ4v) is 5.29. The predicted molar refractivity (Wildman–Crippen MR) is 190 cm³/mol. The summed E-state index contributed by atoms with van der Waals surface area (Å²) >= 11 is 0. The molecule has 7 nitrogen and oxygen atoms in total. The summed E-state index contributed by atoms with van der Waals surface area (Å²) in [5.74, 6) is -0.142. The SMILES string of the molecule is CCCCCCCCCCCCOc1ccc(C(=O)Oc2ccc(C(=O)Oc3ccc(C(=O)OC(C)CCCCCC)cc3)cc2)cc1. The highest BCUT2D eigenvalue weighted by atomic mass is 16.5. The molecule has 0 saturated heterocycles. The average Bonchev–Trinajstić information content (AvgIpc) is 3.10. The highest BCUT2D eigenvalue weighted by molar-refractivity contribution is 5.93. The van der Waals surface area contributed by atoms with E-state index < -0.39 is 17.9 Å². The lowest BCUT2D eigenvalue weighted by atomic mass is 10.1. The zero-order valence-electron chi connectivity index (χ0n) is 29.2. The maximum absolute atomic E-state index is 12.7. The fraction of sp³-hybridized carbons (Fsp3) is 0.488. The van der Waals surface area contributed by atoms with E-state index in [0.717, 1.165) is 37.9 Å². The Balaban J connectivity index is 1.35. The van der Waals surface area contributed by atoms with Crippen molar-refractivity contribution in [1.29, 1.82) is 0 Å². The highest BCUT2D eigenvalue weighted by Crippen LogP contribution is 2.20. The van der Waals surface area contributed by atoms with Gasteiger partial charge in [-0.2, -0.15) is 0 Å². The Bertz CT molecular complexity index is 1350. The molecule has 260 valence electrons. The van der Waals surface area contributed by atoms with Crippen molar-refractivity contribution in [2.75, 3.05) is 6.61 Å². The quantitative estimate of drug-likeness (QED) is 0.0569. The van der Waals surface area contributed by atoms with E-state index in [1.165, 1.54) is 76.3 Å². The molecule has 0 aromatic heterocycles. The van der Waals surface area contributed by atoms with Gasteiger partial charge in [-0.3, -0.25) is 0 Å². The number of carbonyl (C=O) groups is 3. The zero-order valence-corrected chi connectivity index (χ0v) is 29.2. The van der Waals surface area contributed by atoms with Crippen LogP contribution in [0.4, 0.5) is 0 Å². The smallest absolute Gasteiger partial charge is 0.343 e. The number of esters is 3. The van der Waals surface area contributed by atoms with Crippen LogP contribution in [0.2, 0.25) is 0 Å². The van der Waals surface area contributed by atoms with Gasteiger partial charge in [-0.05, 0) is 99.0 Å². The molecule has 0 spiro atoms. The number of unbranched alkanes of at least 4 members (excludes halogenated alkanes) is 12. The normalized spacial score (nSPS) is 11.5. The minimum absolute atomic E-state index is 0.154. The molecular formula is C41H54O7. The largest absolute Gasteiger partial charge is 0.494 e. The standard InChI is InChI=1S/C41H54O7/c1-4-6-8-10-11-12-13-14-15-17-31-45-36-25-19-34(20-26-36)40(43)47-38-29-23-35(24-30-38)41(44)48-37-27-21-33(22-28-37)39(42)46-32(3)18-16-9-7-5-2/h19-30,32H,4-18,31H2,1-3H3. The van der Waals surface area contributed by atoms with Gasteiger partial charge in [-0.1, -0.05) is 90.9 Å². The van der Waals surface area contributed by atoms with Gasteiger partial charge in [0.1, 0.15) is 17.2 Å². The van der Waals surface area contributed by atoms with Gasteiger partial charge in [0, 0.05) is 0 Å². The van der Waals surface area contributed by atoms with Crippen LogP contribution in [0.3, 0.4) is 0 Å². The van der Waals surface area contributed by atoms with E-state index in [0.29, 0.717) is 34.8 Å². The molecule has 0 fully saturated rings. The minimum atomic E-state index is -0.572. The van der Waals surface area contributed by atoms with Crippen molar-refractivity contribution >= 4 is 17.9 Å². The molecule has 0 amide bonds. The van der Waals surface area contributed by atoms with Gasteiger partial charge in [0.25, 0.3) is 0 Å². The molecular weight excluding hydrogens is 604 g/mol. The van der Waals surface area contributed by atoms with Crippen LogP contribution in [-0.2, 0) is 4.74 Å². The summed E-state index contributed by atoms with van der Waals surface area (Å²) in [5.41, 5.74) is 1.09. The molecule has 0 radical (unpaired) electrons. The summed E-state index contributed by atoms with van der Waals surface area (Å²) in [6, 6.07) is 19.3. The Labute approximate surface area is 287 Å². The number of benzene rings is 3. The van der Waals surface area contributed by atoms with Crippen molar-refractivity contribution in [2.24, 2.45) is 0 Å². The van der Waals surface area contributed by atoms with Crippen molar-refractivity contribution in [3.8, 4) is 17.2 Å². The molecule has 3 aromatic carbocycles. The van der Waals surface area contributed by atoms with Crippen molar-refractivity contribution in [2.45, 2.75) is 123 Å². The second kappa shape index (κ2) is 22.4. The second-order valence-corrected chi connectivity index (χ2v) is 12.4. The molecule has 0 saturated carbocycles. The van der Waals surface area contributed by atoms with E-state index in [1.807, 2.05) is 6.92 Å². The van der Waals surface area contributed by atoms with Crippen molar-refractivity contribution < 1.29 is 33.3 Å². The molecule has 0 heterocycles. The molecule has 0 bridgehead atoms. The van der Waals surface area contributed by atoms with E-state index in [2.05, 4.69) is 13.8 Å². The fourth-order valence-electron chi connectivity index (χ4n) is 5.29. The van der Waals surface area contributed by atoms with Crippen LogP contribution in [0.5, 0.6) is 17.2 Å². The van der Waals surface area contributed by atoms with Crippen LogP contribution in [0.25, 0.3) is 0 Å². The molecule has 1 atom stereocenters. The van der Waals surface area contributed by atoms with Gasteiger partial charge in [0.15, 0.2) is 0 Å². The lowest BCUT2D eigenvalue weighted by molar-refractivity contribution is 0.0319. The van der Waals surface area contributed by atoms with Crippen molar-refractivity contribution in [3.05, 3.63) is 89.5 Å². The van der Waals surface area contributed by atoms with E-state index in [-0.39, 0.29) is 6.10 Å². The van der Waals surface area contributed by atoms with E-state index in [4.69, 9.17) is 18.9 Å². The van der Waals surface area contributed by atoms with Gasteiger partial charge in [-0.25, -0.2) is 14.4 Å². The Morgan fingerprint density at radius 2 is 0.854 bits per heavy atom. The third kappa shape index (κ3) is 14.7. The van der Waals surface area contributed by atoms with Crippen molar-refractivity contribution in [3.63, 3.8) is 0 Å². The van der Waals surface area contributed by atoms with Crippen LogP contribution < -0.4 is 14.2 Å². The summed E-state index contributed by atoms with van der Waals surface area (Å²) in [6.45, 7) is 6.97. The maximum Gasteiger partial charge on any atom is 0.343 e. The molecule has 3 rings (SSSR count). The summed E-state index contributed by atoms with van der Waals surface area (Å²) in [7, 11) is 0. The molecule has 48 heavy (non-hydrogen) atoms. The topological polar surface area (TPSA) is 88.1 Å². The number of hydrogen-bond acceptors (Lipinski definition) is 7. The average molecular weight is 659 g/mol. The number of carbonyl (C=O) groups excluding carboxylic acids is 3. The van der Waals surface area contributed by atoms with Crippen LogP contribution in [0, 0.1) is 0 Å². The molecule has 0 aliphatic carbocycles. The maximum atomic E-state index is 12.7. The first-order chi connectivity index (χ1) is 23.4. The van der Waals surface area contributed by atoms with Gasteiger partial charge < -0.3 is 18.9 Å². The number of hydrogen-bond donors (Lipinski definition) is 0. The Hall–Kier alpha value is -4.13. The lowest BCUT2D eigenvalue weighted by Crippen LogP contribution is -2.15. The second-order valence-electron chi connectivity index (χ2n) is 12.4. The Morgan fingerprint density at radius 1 is 0.479 bits per heavy atom. The Kier molecular flexibility index (Phi) is 17.9. The van der Waals surface area contributed by atoms with Gasteiger partial charge in [-0.15, -0.1) is 0 Å². The summed E-state index contributed by atoms with van der Waals surface area (Å²) in [5, 5.41) is 0. The first-order valence-electron chi connectivity index (χ1n) is 18.0. The molecule has 0 aliphatic rings. The third-order valence-corrected chi connectivity index (χ3v) is 8.23. The molecule has 1 unspecified atom stereocenters. The zero-order chi connectivity index (χ0) is 34.4. The molecule has 0 aliphatic heterocycles. The predicted octanol–water partition coefficient (Wildman–Crippen LogP) is 10.9. The summed E-state index contributed by atoms with van der Waals surface area (Å²) < 4.78 is 22.3. The Morgan fingerprint density at radius 3 is 1.31 bits per heavy atom. The van der Waals surface area contributed by atoms with Gasteiger partial charge in [0.2, 0.25) is 0 Å². The highest BCUT2D eigenvalue weighted by Gasteiger charge is 2.15. The number of rotatable bonds is 23. The minimum Gasteiger partial charge on any atom is -0.494 e. The number of ether oxygens (including phenoxy) is 4. The first-order valence-corrected chi connectivity index (χ1v) is 18.0. The van der Waals surface area contributed by atoms with Gasteiger partial charge >= 0.3 is 17.9 Å². The monoisotopic (exact) mass is 658 g/mol. The van der Waals surface area contributed by atoms with E-state index in [9.17, 15) is 14.4 Å². The van der Waals surface area contributed by atoms with Crippen molar-refractivity contribution in [1.82, 2.24) is 0 Å². The molecule has 3 aromatic rings. The van der Waals surface area contributed by atoms with Gasteiger partial charge in [0.05, 0.1) is 29.4 Å². The molecule has 7 heteroatoms. The molecule has 0 N–H and O–H groups in total. The lowest BCUT2D eigenvalue weighted by Gasteiger charge is -2.13. The van der Waals surface area contributed by atoms with Crippen LogP contribution >= 0.6 is 0 Å².